The van der Waals surface area contributed by atoms with Crippen LogP contribution in [0.3, 0.4) is 0 Å². The summed E-state index contributed by atoms with van der Waals surface area (Å²) < 4.78 is 13.6. The van der Waals surface area contributed by atoms with Crippen LogP contribution in [0, 0.1) is 5.95 Å². The Bertz CT molecular complexity index is 525. The molecule has 108 valence electrons. The fourth-order valence-corrected chi connectivity index (χ4v) is 3.65. The van der Waals surface area contributed by atoms with Crippen LogP contribution in [0.2, 0.25) is 0 Å². The van der Waals surface area contributed by atoms with Gasteiger partial charge in [-0.3, -0.25) is 9.69 Å². The fourth-order valence-electron chi connectivity index (χ4n) is 3.22. The van der Waals surface area contributed by atoms with Crippen molar-refractivity contribution in [2.45, 2.75) is 44.3 Å². The van der Waals surface area contributed by atoms with Gasteiger partial charge in [-0.25, -0.2) is 4.98 Å². The number of pyridine rings is 1. The van der Waals surface area contributed by atoms with Gasteiger partial charge in [-0.15, -0.1) is 0 Å². The predicted molar refractivity (Wildman–Crippen MR) is 76.5 cm³/mol. The summed E-state index contributed by atoms with van der Waals surface area (Å²) in [5.74, 6) is -0.410. The van der Waals surface area contributed by atoms with E-state index in [4.69, 9.17) is 0 Å². The first-order valence-electron chi connectivity index (χ1n) is 6.98. The van der Waals surface area contributed by atoms with E-state index < -0.39 is 5.95 Å². The average Bonchev–Trinajstić information content (AvgIpc) is 2.41. The maximum Gasteiger partial charge on any atom is 0.234 e. The molecule has 1 aromatic rings. The molecule has 1 saturated heterocycles. The molecule has 1 N–H and O–H groups in total. The molecule has 1 amide bonds. The summed E-state index contributed by atoms with van der Waals surface area (Å²) in [5, 5.41) is 3.09. The Hall–Kier alpha value is -1.01. The number of nitrogens with zero attached hydrogens (tertiary/aromatic N) is 2. The normalized spacial score (nSPS) is 27.0. The van der Waals surface area contributed by atoms with Gasteiger partial charge in [-0.05, 0) is 40.4 Å². The molecule has 20 heavy (non-hydrogen) atoms. The Morgan fingerprint density at radius 3 is 3.00 bits per heavy atom. The fraction of sp³-hybridized carbons (Fsp3) is 0.571. The van der Waals surface area contributed by atoms with Gasteiger partial charge in [0, 0.05) is 18.6 Å². The highest BCUT2D eigenvalue weighted by molar-refractivity contribution is 9.10. The topological polar surface area (TPSA) is 45.2 Å². The molecule has 0 aromatic carbocycles. The minimum Gasteiger partial charge on any atom is -0.351 e. The van der Waals surface area contributed by atoms with Crippen LogP contribution in [-0.2, 0) is 11.3 Å². The largest absolute Gasteiger partial charge is 0.351 e. The number of halogens is 2. The van der Waals surface area contributed by atoms with E-state index in [0.29, 0.717) is 23.7 Å². The third-order valence-electron chi connectivity index (χ3n) is 4.16. The number of hydrogen-bond acceptors (Lipinski definition) is 3. The predicted octanol–water partition coefficient (Wildman–Crippen LogP) is 2.23. The van der Waals surface area contributed by atoms with E-state index in [9.17, 15) is 9.18 Å². The van der Waals surface area contributed by atoms with Gasteiger partial charge in [0.05, 0.1) is 6.54 Å². The molecular formula is C14H17BrFN3O. The molecule has 0 bridgehead atoms. The van der Waals surface area contributed by atoms with Crippen LogP contribution < -0.4 is 5.32 Å². The Morgan fingerprint density at radius 1 is 1.40 bits per heavy atom. The maximum atomic E-state index is 13.0. The standard InChI is InChI=1S/C14H17BrFN3O/c15-14-9(5-6-12(16)18-14)7-19-8-13(20)17-10-3-1-2-4-11(10)19/h5-6,10-11H,1-4,7-8H2,(H,17,20). The minimum absolute atomic E-state index is 0.0827. The van der Waals surface area contributed by atoms with Crippen molar-refractivity contribution in [3.8, 4) is 0 Å². The molecule has 1 saturated carbocycles. The molecule has 0 spiro atoms. The molecule has 6 heteroatoms. The summed E-state index contributed by atoms with van der Waals surface area (Å²) >= 11 is 3.30. The van der Waals surface area contributed by atoms with Crippen molar-refractivity contribution in [1.29, 1.82) is 0 Å². The van der Waals surface area contributed by atoms with Gasteiger partial charge in [0.25, 0.3) is 0 Å². The highest BCUT2D eigenvalue weighted by atomic mass is 79.9. The van der Waals surface area contributed by atoms with Crippen LogP contribution >= 0.6 is 15.9 Å². The third kappa shape index (κ3) is 2.86. The van der Waals surface area contributed by atoms with E-state index in [2.05, 4.69) is 31.1 Å². The molecule has 2 atom stereocenters. The first-order chi connectivity index (χ1) is 9.63. The van der Waals surface area contributed by atoms with E-state index in [1.54, 1.807) is 6.07 Å². The zero-order valence-electron chi connectivity index (χ0n) is 11.1. The van der Waals surface area contributed by atoms with Gasteiger partial charge in [-0.2, -0.15) is 4.39 Å². The van der Waals surface area contributed by atoms with E-state index in [1.807, 2.05) is 0 Å². The number of hydrogen-bond donors (Lipinski definition) is 1. The van der Waals surface area contributed by atoms with Gasteiger partial charge < -0.3 is 5.32 Å². The van der Waals surface area contributed by atoms with Crippen LogP contribution in [0.4, 0.5) is 4.39 Å². The van der Waals surface area contributed by atoms with E-state index in [-0.39, 0.29) is 11.9 Å². The quantitative estimate of drug-likeness (QED) is 0.839. The number of rotatable bonds is 2. The van der Waals surface area contributed by atoms with Gasteiger partial charge in [-0.1, -0.05) is 18.9 Å². The second kappa shape index (κ2) is 5.77. The van der Waals surface area contributed by atoms with Gasteiger partial charge in [0.1, 0.15) is 4.60 Å². The molecule has 1 aliphatic heterocycles. The Balaban J connectivity index is 1.78. The molecule has 2 aliphatic rings. The number of aromatic nitrogens is 1. The van der Waals surface area contributed by atoms with Crippen molar-refractivity contribution >= 4 is 21.8 Å². The first kappa shape index (κ1) is 13.9. The summed E-state index contributed by atoms with van der Waals surface area (Å²) in [6, 6.07) is 3.75. The Labute approximate surface area is 125 Å². The zero-order chi connectivity index (χ0) is 14.1. The first-order valence-corrected chi connectivity index (χ1v) is 7.77. The summed E-state index contributed by atoms with van der Waals surface area (Å²) in [4.78, 5) is 17.8. The van der Waals surface area contributed by atoms with Crippen LogP contribution in [0.5, 0.6) is 0 Å². The van der Waals surface area contributed by atoms with Crippen molar-refractivity contribution in [1.82, 2.24) is 15.2 Å². The number of amides is 1. The summed E-state index contributed by atoms with van der Waals surface area (Å²) in [6.45, 7) is 1.04. The van der Waals surface area contributed by atoms with Crippen LogP contribution in [-0.4, -0.2) is 34.4 Å². The Kier molecular flexibility index (Phi) is 4.03. The summed E-state index contributed by atoms with van der Waals surface area (Å²) in [5.41, 5.74) is 0.922. The molecular weight excluding hydrogens is 325 g/mol. The summed E-state index contributed by atoms with van der Waals surface area (Å²) in [6.07, 6.45) is 4.54. The molecule has 0 radical (unpaired) electrons. The SMILES string of the molecule is O=C1CN(Cc2ccc(F)nc2Br)C2CCCCC2N1. The van der Waals surface area contributed by atoms with Crippen LogP contribution in [0.15, 0.2) is 16.7 Å². The molecule has 4 nitrogen and oxygen atoms in total. The van der Waals surface area contributed by atoms with Crippen molar-refractivity contribution in [3.05, 3.63) is 28.2 Å². The van der Waals surface area contributed by atoms with Crippen molar-refractivity contribution in [2.24, 2.45) is 0 Å². The second-order valence-electron chi connectivity index (χ2n) is 5.51. The number of nitrogens with one attached hydrogen (secondary N) is 1. The number of fused-ring (bicyclic) bond motifs is 1. The van der Waals surface area contributed by atoms with Crippen LogP contribution in [0.1, 0.15) is 31.2 Å². The number of piperazine rings is 1. The number of carbonyl (C=O) groups excluding carboxylic acids is 1. The van der Waals surface area contributed by atoms with Crippen molar-refractivity contribution < 1.29 is 9.18 Å². The molecule has 2 fully saturated rings. The van der Waals surface area contributed by atoms with Gasteiger partial charge in [0.2, 0.25) is 11.9 Å². The van der Waals surface area contributed by atoms with E-state index in [0.717, 1.165) is 18.4 Å². The lowest BCUT2D eigenvalue weighted by Gasteiger charge is -2.44. The van der Waals surface area contributed by atoms with E-state index in [1.165, 1.54) is 18.9 Å². The average molecular weight is 342 g/mol. The lowest BCUT2D eigenvalue weighted by atomic mass is 9.87. The molecule has 2 unspecified atom stereocenters. The maximum absolute atomic E-state index is 13.0. The monoisotopic (exact) mass is 341 g/mol. The highest BCUT2D eigenvalue weighted by Crippen LogP contribution is 2.28. The lowest BCUT2D eigenvalue weighted by molar-refractivity contribution is -0.128. The lowest BCUT2D eigenvalue weighted by Crippen LogP contribution is -2.61. The third-order valence-corrected chi connectivity index (χ3v) is 4.84. The van der Waals surface area contributed by atoms with Crippen molar-refractivity contribution in [2.75, 3.05) is 6.54 Å². The van der Waals surface area contributed by atoms with E-state index >= 15 is 0 Å². The van der Waals surface area contributed by atoms with Crippen LogP contribution in [0.25, 0.3) is 0 Å². The van der Waals surface area contributed by atoms with Gasteiger partial charge >= 0.3 is 0 Å². The second-order valence-corrected chi connectivity index (χ2v) is 6.27. The molecule has 1 aromatic heterocycles. The highest BCUT2D eigenvalue weighted by Gasteiger charge is 2.36. The minimum atomic E-state index is -0.493. The molecule has 2 heterocycles. The smallest absolute Gasteiger partial charge is 0.234 e. The zero-order valence-corrected chi connectivity index (χ0v) is 12.7. The van der Waals surface area contributed by atoms with Crippen molar-refractivity contribution in [3.63, 3.8) is 0 Å². The molecule has 1 aliphatic carbocycles. The Morgan fingerprint density at radius 2 is 2.20 bits per heavy atom. The van der Waals surface area contributed by atoms with Gasteiger partial charge in [0.15, 0.2) is 0 Å². The molecule has 3 rings (SSSR count). The number of carbonyl (C=O) groups is 1. The summed E-state index contributed by atoms with van der Waals surface area (Å²) in [7, 11) is 0.